The molecule has 0 nitrogen and oxygen atoms in total. The van der Waals surface area contributed by atoms with E-state index in [1.165, 1.54) is 0 Å². The van der Waals surface area contributed by atoms with Crippen LogP contribution in [-0.2, 0) is 0 Å². The Morgan fingerprint density at radius 2 is 1.00 bits per heavy atom. The summed E-state index contributed by atoms with van der Waals surface area (Å²) in [6.07, 6.45) is 0. The molecular weight excluding hydrogens is 423 g/mol. The summed E-state index contributed by atoms with van der Waals surface area (Å²) in [5.41, 5.74) is 0. The van der Waals surface area contributed by atoms with Crippen LogP contribution in [0.25, 0.3) is 0 Å². The van der Waals surface area contributed by atoms with E-state index in [9.17, 15) is 0 Å². The van der Waals surface area contributed by atoms with Crippen LogP contribution in [0.4, 0.5) is 0 Å². The van der Waals surface area contributed by atoms with Crippen LogP contribution in [-0.4, -0.2) is 45.0 Å². The highest BCUT2D eigenvalue weighted by Crippen LogP contribution is 2.89. The fourth-order valence-corrected chi connectivity index (χ4v) is 372. The molecule has 2 unspecified atom stereocenters. The van der Waals surface area contributed by atoms with Gasteiger partial charge >= 0.3 is 0 Å². The Labute approximate surface area is 161 Å². The van der Waals surface area contributed by atoms with E-state index in [1.54, 1.807) is 0 Å². The second kappa shape index (κ2) is 5.84. The van der Waals surface area contributed by atoms with Gasteiger partial charge in [0.15, 0.2) is 0 Å². The van der Waals surface area contributed by atoms with Crippen molar-refractivity contribution in [1.29, 1.82) is 0 Å². The van der Waals surface area contributed by atoms with E-state index < -0.39 is 29.2 Å². The second-order valence-corrected chi connectivity index (χ2v) is 87.8. The normalized spacial score (nSPS) is 35.2. The fraction of sp³-hybridized carbons (Fsp3) is 1.00. The van der Waals surface area contributed by atoms with Crippen LogP contribution in [0.5, 0.6) is 0 Å². The number of hydrogen-bond acceptors (Lipinski definition) is 0. The fourth-order valence-electron chi connectivity index (χ4n) is 7.84. The molecule has 0 aromatic carbocycles. The van der Waals surface area contributed by atoms with Crippen LogP contribution >= 0.6 is 13.1 Å². The first-order valence-corrected chi connectivity index (χ1v) is 35.3. The maximum atomic E-state index is 2.95. The first-order chi connectivity index (χ1) is 10.2. The zero-order valence-corrected chi connectivity index (χ0v) is 26.7. The molecule has 2 saturated heterocycles. The summed E-state index contributed by atoms with van der Waals surface area (Å²) in [5, 5.41) is 1.32. The van der Waals surface area contributed by atoms with Crippen molar-refractivity contribution in [3.63, 3.8) is 0 Å². The van der Waals surface area contributed by atoms with Crippen LogP contribution in [0.15, 0.2) is 0 Å². The molecule has 0 saturated carbocycles. The monoisotopic (exact) mass is 464 g/mol. The highest BCUT2D eigenvalue weighted by atomic mass is 32.1. The lowest BCUT2D eigenvalue weighted by Gasteiger charge is -2.63. The third kappa shape index (κ3) is 2.96. The van der Waals surface area contributed by atoms with Gasteiger partial charge in [0.2, 0.25) is 0 Å². The summed E-state index contributed by atoms with van der Waals surface area (Å²) in [6.45, 7) is 40.5. The van der Waals surface area contributed by atoms with E-state index in [-0.39, 0.29) is 15.8 Å². The summed E-state index contributed by atoms with van der Waals surface area (Å²) in [7, 11) is -4.49. The van der Waals surface area contributed by atoms with E-state index in [0.717, 1.165) is 0 Å². The van der Waals surface area contributed by atoms with E-state index in [0.29, 0.717) is 23.2 Å². The van der Waals surface area contributed by atoms with Crippen molar-refractivity contribution in [2.45, 2.75) is 104 Å². The van der Waals surface area contributed by atoms with Crippen molar-refractivity contribution in [3.05, 3.63) is 0 Å². The maximum Gasteiger partial charge on any atom is 0.0853 e. The average Bonchev–Trinajstić information content (AvgIpc) is 2.31. The van der Waals surface area contributed by atoms with Crippen LogP contribution in [0.1, 0.15) is 41.5 Å². The molecule has 8 heteroatoms. The number of hydrogen-bond donors (Lipinski definition) is 0. The van der Waals surface area contributed by atoms with E-state index >= 15 is 0 Å². The van der Waals surface area contributed by atoms with Gasteiger partial charge < -0.3 is 0 Å². The lowest BCUT2D eigenvalue weighted by Crippen LogP contribution is -2.70. The summed E-state index contributed by atoms with van der Waals surface area (Å²) in [4.78, 5) is 0. The molecule has 0 spiro atoms. The Bertz CT molecular complexity index is 530. The van der Waals surface area contributed by atoms with Gasteiger partial charge in [-0.05, 0) is 10.1 Å². The third-order valence-corrected chi connectivity index (χ3v) is 173. The van der Waals surface area contributed by atoms with Crippen molar-refractivity contribution in [2.24, 2.45) is 0 Å². The number of fused-ring (bicyclic) bond motifs is 2. The predicted molar refractivity (Wildman–Crippen MR) is 135 cm³/mol. The van der Waals surface area contributed by atoms with E-state index in [2.05, 4.69) is 93.9 Å². The predicted octanol–water partition coefficient (Wildman–Crippen LogP) is 7.62. The van der Waals surface area contributed by atoms with Crippen LogP contribution < -0.4 is 0 Å². The average molecular weight is 465 g/mol. The molecule has 2 atom stereocenters. The number of rotatable bonds is 0. The second-order valence-electron chi connectivity index (χ2n) is 12.1. The molecule has 0 aliphatic carbocycles. The standard InChI is InChI=1S/C16H42P2Si6/c1-15(2,3)19-17-21(7,8)18(23(19,11)12)24(13,14)20(16(4,5)6)22(17,9)10/h1-14H3. The molecule has 2 bridgehead atoms. The molecule has 2 heterocycles. The molecule has 2 aliphatic rings. The SMILES string of the molecule is CC(C)(C)[Si]1P2[Si](C)(C)[Si](C(C)(C)C)[Si](C)(C)P([Si]1(C)C)[Si]2(C)C. The molecule has 2 rings (SSSR count). The maximum absolute atomic E-state index is 2.95. The van der Waals surface area contributed by atoms with Crippen molar-refractivity contribution in [2.75, 3.05) is 0 Å². The van der Waals surface area contributed by atoms with Crippen molar-refractivity contribution in [3.8, 4) is 0 Å². The molecular formula is C16H42P2Si6. The highest BCUT2D eigenvalue weighted by molar-refractivity contribution is 8.76. The quantitative estimate of drug-likeness (QED) is 0.255. The first-order valence-electron chi connectivity index (χ1n) is 9.59. The van der Waals surface area contributed by atoms with Gasteiger partial charge in [-0.1, -0.05) is 93.9 Å². The zero-order valence-electron chi connectivity index (χ0n) is 18.9. The molecule has 24 heavy (non-hydrogen) atoms. The summed E-state index contributed by atoms with van der Waals surface area (Å²) < 4.78 is 0. The summed E-state index contributed by atoms with van der Waals surface area (Å²) in [5.74, 6) is 0. The largest absolute Gasteiger partial charge is 0.142 e. The van der Waals surface area contributed by atoms with Gasteiger partial charge in [-0.15, -0.1) is 13.1 Å². The van der Waals surface area contributed by atoms with Crippen LogP contribution in [0.3, 0.4) is 0 Å². The van der Waals surface area contributed by atoms with Gasteiger partial charge in [-0.3, -0.25) is 0 Å². The Balaban J connectivity index is 2.85. The van der Waals surface area contributed by atoms with Crippen molar-refractivity contribution >= 4 is 58.1 Å². The minimum atomic E-state index is -1.09. The highest BCUT2D eigenvalue weighted by Gasteiger charge is 2.78. The van der Waals surface area contributed by atoms with Crippen LogP contribution in [0, 0.1) is 0 Å². The van der Waals surface area contributed by atoms with Crippen molar-refractivity contribution in [1.82, 2.24) is 0 Å². The molecule has 2 fully saturated rings. The molecule has 0 N–H and O–H groups in total. The Kier molecular flexibility index (Phi) is 5.46. The smallest absolute Gasteiger partial charge is 0.0853 e. The van der Waals surface area contributed by atoms with Gasteiger partial charge in [-0.2, -0.15) is 0 Å². The molecule has 0 amide bonds. The topological polar surface area (TPSA) is 0 Å². The van der Waals surface area contributed by atoms with E-state index in [1.807, 2.05) is 0 Å². The van der Waals surface area contributed by atoms with Gasteiger partial charge in [0.1, 0.15) is 0 Å². The molecule has 0 aromatic heterocycles. The lowest BCUT2D eigenvalue weighted by molar-refractivity contribution is 0.755. The molecule has 140 valence electrons. The minimum absolute atomic E-state index is 0.138. The molecule has 2 aliphatic heterocycles. The van der Waals surface area contributed by atoms with Gasteiger partial charge in [0, 0.05) is 7.83 Å². The summed E-state index contributed by atoms with van der Waals surface area (Å²) in [6, 6.07) is 0. The zero-order chi connectivity index (χ0) is 19.3. The lowest BCUT2D eigenvalue weighted by atomic mass is 10.3. The summed E-state index contributed by atoms with van der Waals surface area (Å²) >= 11 is 0. The molecule has 2 radical (unpaired) electrons. The first kappa shape index (κ1) is 22.5. The minimum Gasteiger partial charge on any atom is -0.142 e. The molecule has 0 aromatic rings. The van der Waals surface area contributed by atoms with Gasteiger partial charge in [0.25, 0.3) is 0 Å². The van der Waals surface area contributed by atoms with Crippen LogP contribution in [0.2, 0.25) is 62.5 Å². The Morgan fingerprint density at radius 1 is 0.583 bits per heavy atom. The third-order valence-electron chi connectivity index (χ3n) is 6.26. The van der Waals surface area contributed by atoms with E-state index in [4.69, 9.17) is 0 Å². The Hall–Kier alpha value is 2.16. The van der Waals surface area contributed by atoms with Gasteiger partial charge in [-0.25, -0.2) is 0 Å². The van der Waals surface area contributed by atoms with Gasteiger partial charge in [0.05, 0.1) is 37.2 Å². The van der Waals surface area contributed by atoms with Crippen molar-refractivity contribution < 1.29 is 0 Å². The Morgan fingerprint density at radius 3 is 1.33 bits per heavy atom.